The fraction of sp³-hybridized carbons (Fsp3) is 0.130. The number of benzene rings is 3. The first kappa shape index (κ1) is 20.8. The number of hydrogen-bond acceptors (Lipinski definition) is 4. The highest BCUT2D eigenvalue weighted by molar-refractivity contribution is 7.89. The summed E-state index contributed by atoms with van der Waals surface area (Å²) in [6.07, 6.45) is 1.75. The van der Waals surface area contributed by atoms with Crippen molar-refractivity contribution >= 4 is 27.0 Å². The van der Waals surface area contributed by atoms with Crippen molar-refractivity contribution in [3.8, 4) is 5.69 Å². The number of rotatable bonds is 6. The van der Waals surface area contributed by atoms with Crippen LogP contribution in [0.25, 0.3) is 16.7 Å². The van der Waals surface area contributed by atoms with Gasteiger partial charge in [0, 0.05) is 31.9 Å². The molecule has 0 saturated heterocycles. The summed E-state index contributed by atoms with van der Waals surface area (Å²) in [5, 5.41) is 2.81. The van der Waals surface area contributed by atoms with Crippen molar-refractivity contribution in [1.29, 1.82) is 0 Å². The zero-order valence-corrected chi connectivity index (χ0v) is 18.0. The standard InChI is InChI=1S/C23H22N4O3S/c1-26(2)31(29,30)22-10-6-3-7-18(22)15-24-23(28)17-11-13-19(14-12-17)27-16-25-20-8-4-5-9-21(20)27/h3-14,16H,15H2,1-2H3,(H,24,28). The largest absolute Gasteiger partial charge is 0.348 e. The van der Waals surface area contributed by atoms with Crippen molar-refractivity contribution in [2.75, 3.05) is 14.1 Å². The minimum Gasteiger partial charge on any atom is -0.348 e. The van der Waals surface area contributed by atoms with E-state index in [1.165, 1.54) is 14.1 Å². The summed E-state index contributed by atoms with van der Waals surface area (Å²) < 4.78 is 28.1. The van der Waals surface area contributed by atoms with Crippen LogP contribution in [0.5, 0.6) is 0 Å². The van der Waals surface area contributed by atoms with Gasteiger partial charge in [0.25, 0.3) is 5.91 Å². The van der Waals surface area contributed by atoms with Gasteiger partial charge in [-0.05, 0) is 48.0 Å². The molecule has 0 aliphatic rings. The van der Waals surface area contributed by atoms with Gasteiger partial charge in [0.1, 0.15) is 6.33 Å². The molecule has 4 aromatic rings. The molecule has 0 fully saturated rings. The number of aromatic nitrogens is 2. The molecule has 8 heteroatoms. The molecule has 1 heterocycles. The highest BCUT2D eigenvalue weighted by Crippen LogP contribution is 2.20. The number of para-hydroxylation sites is 2. The van der Waals surface area contributed by atoms with E-state index in [1.54, 1.807) is 42.7 Å². The van der Waals surface area contributed by atoms with Crippen LogP contribution in [0.4, 0.5) is 0 Å². The maximum absolute atomic E-state index is 12.6. The quantitative estimate of drug-likeness (QED) is 0.505. The summed E-state index contributed by atoms with van der Waals surface area (Å²) in [6, 6.07) is 21.7. The third-order valence-electron chi connectivity index (χ3n) is 5.03. The van der Waals surface area contributed by atoms with E-state index in [0.29, 0.717) is 11.1 Å². The van der Waals surface area contributed by atoms with E-state index in [9.17, 15) is 13.2 Å². The Morgan fingerprint density at radius 2 is 1.65 bits per heavy atom. The van der Waals surface area contributed by atoms with Gasteiger partial charge in [-0.15, -0.1) is 0 Å². The van der Waals surface area contributed by atoms with Gasteiger partial charge < -0.3 is 5.32 Å². The normalized spacial score (nSPS) is 11.7. The summed E-state index contributed by atoms with van der Waals surface area (Å²) >= 11 is 0. The molecule has 0 saturated carbocycles. The molecule has 0 spiro atoms. The SMILES string of the molecule is CN(C)S(=O)(=O)c1ccccc1CNC(=O)c1ccc(-n2cnc3ccccc32)cc1. The van der Waals surface area contributed by atoms with Gasteiger partial charge in [-0.3, -0.25) is 9.36 Å². The molecule has 3 aromatic carbocycles. The maximum atomic E-state index is 12.6. The van der Waals surface area contributed by atoms with Crippen LogP contribution in [0.15, 0.2) is 84.0 Å². The summed E-state index contributed by atoms with van der Waals surface area (Å²) in [6.45, 7) is 0.107. The zero-order chi connectivity index (χ0) is 22.0. The van der Waals surface area contributed by atoms with Crippen molar-refractivity contribution in [1.82, 2.24) is 19.2 Å². The predicted octanol–water partition coefficient (Wildman–Crippen LogP) is 3.21. The van der Waals surface area contributed by atoms with Gasteiger partial charge in [-0.2, -0.15) is 0 Å². The van der Waals surface area contributed by atoms with Crippen molar-refractivity contribution in [3.63, 3.8) is 0 Å². The second-order valence-corrected chi connectivity index (χ2v) is 9.35. The summed E-state index contributed by atoms with van der Waals surface area (Å²) in [5.41, 5.74) is 3.80. The Morgan fingerprint density at radius 1 is 0.968 bits per heavy atom. The molecule has 0 unspecified atom stereocenters. The van der Waals surface area contributed by atoms with E-state index < -0.39 is 10.0 Å². The number of sulfonamides is 1. The molecule has 0 aliphatic carbocycles. The second-order valence-electron chi connectivity index (χ2n) is 7.23. The highest BCUT2D eigenvalue weighted by Gasteiger charge is 2.21. The average molecular weight is 435 g/mol. The fourth-order valence-electron chi connectivity index (χ4n) is 3.31. The number of carbonyl (C=O) groups is 1. The topological polar surface area (TPSA) is 84.3 Å². The minimum atomic E-state index is -3.60. The van der Waals surface area contributed by atoms with Gasteiger partial charge in [-0.1, -0.05) is 30.3 Å². The first-order valence-electron chi connectivity index (χ1n) is 9.69. The number of hydrogen-bond donors (Lipinski definition) is 1. The smallest absolute Gasteiger partial charge is 0.251 e. The van der Waals surface area contributed by atoms with Gasteiger partial charge in [0.2, 0.25) is 10.0 Å². The molecular formula is C23H22N4O3S. The van der Waals surface area contributed by atoms with E-state index in [2.05, 4.69) is 10.3 Å². The first-order chi connectivity index (χ1) is 14.9. The molecule has 158 valence electrons. The number of nitrogens with zero attached hydrogens (tertiary/aromatic N) is 3. The Labute approximate surface area is 181 Å². The number of imidazole rings is 1. The monoisotopic (exact) mass is 434 g/mol. The Hall–Kier alpha value is -3.49. The maximum Gasteiger partial charge on any atom is 0.251 e. The molecule has 0 bridgehead atoms. The lowest BCUT2D eigenvalue weighted by atomic mass is 10.1. The van der Waals surface area contributed by atoms with Crippen LogP contribution < -0.4 is 5.32 Å². The van der Waals surface area contributed by atoms with E-state index in [1.807, 2.05) is 41.0 Å². The molecule has 1 amide bonds. The zero-order valence-electron chi connectivity index (χ0n) is 17.2. The van der Waals surface area contributed by atoms with E-state index in [0.717, 1.165) is 21.0 Å². The number of nitrogens with one attached hydrogen (secondary N) is 1. The summed E-state index contributed by atoms with van der Waals surface area (Å²) in [5.74, 6) is -0.279. The molecule has 0 radical (unpaired) electrons. The lowest BCUT2D eigenvalue weighted by Gasteiger charge is -2.15. The lowest BCUT2D eigenvalue weighted by molar-refractivity contribution is 0.0950. The van der Waals surface area contributed by atoms with Crippen LogP contribution in [-0.2, 0) is 16.6 Å². The van der Waals surface area contributed by atoms with Crippen LogP contribution in [-0.4, -0.2) is 42.3 Å². The Balaban J connectivity index is 1.51. The summed E-state index contributed by atoms with van der Waals surface area (Å²) in [4.78, 5) is 17.2. The Morgan fingerprint density at radius 3 is 2.39 bits per heavy atom. The molecule has 7 nitrogen and oxygen atoms in total. The third-order valence-corrected chi connectivity index (χ3v) is 6.95. The highest BCUT2D eigenvalue weighted by atomic mass is 32.2. The van der Waals surface area contributed by atoms with Crippen LogP contribution >= 0.6 is 0 Å². The van der Waals surface area contributed by atoms with Crippen molar-refractivity contribution in [2.24, 2.45) is 0 Å². The molecule has 0 aliphatic heterocycles. The van der Waals surface area contributed by atoms with E-state index in [-0.39, 0.29) is 17.3 Å². The number of carbonyl (C=O) groups excluding carboxylic acids is 1. The van der Waals surface area contributed by atoms with Crippen molar-refractivity contribution in [3.05, 3.63) is 90.3 Å². The van der Waals surface area contributed by atoms with E-state index in [4.69, 9.17) is 0 Å². The van der Waals surface area contributed by atoms with Gasteiger partial charge in [0.15, 0.2) is 0 Å². The van der Waals surface area contributed by atoms with Crippen LogP contribution in [0, 0.1) is 0 Å². The van der Waals surface area contributed by atoms with Crippen LogP contribution in [0.2, 0.25) is 0 Å². The second kappa shape index (κ2) is 8.33. The van der Waals surface area contributed by atoms with Gasteiger partial charge >= 0.3 is 0 Å². The lowest BCUT2D eigenvalue weighted by Crippen LogP contribution is -2.27. The molecule has 1 aromatic heterocycles. The molecule has 1 N–H and O–H groups in total. The molecule has 0 atom stereocenters. The first-order valence-corrected chi connectivity index (χ1v) is 11.1. The fourth-order valence-corrected chi connectivity index (χ4v) is 4.43. The van der Waals surface area contributed by atoms with Crippen LogP contribution in [0.3, 0.4) is 0 Å². The van der Waals surface area contributed by atoms with E-state index >= 15 is 0 Å². The molecule has 31 heavy (non-hydrogen) atoms. The average Bonchev–Trinajstić information content (AvgIpc) is 3.22. The minimum absolute atomic E-state index is 0.107. The summed E-state index contributed by atoms with van der Waals surface area (Å²) in [7, 11) is -0.632. The van der Waals surface area contributed by atoms with Crippen molar-refractivity contribution < 1.29 is 13.2 Å². The Kier molecular flexibility index (Phi) is 5.58. The number of amides is 1. The van der Waals surface area contributed by atoms with Gasteiger partial charge in [0.05, 0.1) is 15.9 Å². The Bertz CT molecular complexity index is 1340. The predicted molar refractivity (Wildman–Crippen MR) is 120 cm³/mol. The van der Waals surface area contributed by atoms with Crippen molar-refractivity contribution in [2.45, 2.75) is 11.4 Å². The number of fused-ring (bicyclic) bond motifs is 1. The van der Waals surface area contributed by atoms with Gasteiger partial charge in [-0.25, -0.2) is 17.7 Å². The third kappa shape index (κ3) is 4.08. The molecular weight excluding hydrogens is 412 g/mol. The molecule has 4 rings (SSSR count). The van der Waals surface area contributed by atoms with Crippen LogP contribution in [0.1, 0.15) is 15.9 Å².